The van der Waals surface area contributed by atoms with Crippen molar-refractivity contribution in [1.82, 2.24) is 9.88 Å². The number of anilines is 2. The molecule has 0 unspecified atom stereocenters. The average Bonchev–Trinajstić information content (AvgIpc) is 3.22. The highest BCUT2D eigenvalue weighted by atomic mass is 35.5. The van der Waals surface area contributed by atoms with Crippen LogP contribution in [0, 0.1) is 17.6 Å². The number of rotatable bonds is 7. The molecule has 0 radical (unpaired) electrons. The maximum absolute atomic E-state index is 15.2. The number of methoxy groups -OCH3 is 1. The smallest absolute Gasteiger partial charge is 0.268 e. The van der Waals surface area contributed by atoms with Crippen molar-refractivity contribution in [2.75, 3.05) is 42.9 Å². The highest BCUT2D eigenvalue weighted by Crippen LogP contribution is 2.39. The molecule has 4 rings (SSSR count). The number of sulfonamides is 1. The zero-order valence-electron chi connectivity index (χ0n) is 19.5. The Bertz CT molecular complexity index is 1200. The lowest BCUT2D eigenvalue weighted by molar-refractivity contribution is -0.0332. The van der Waals surface area contributed by atoms with Crippen LogP contribution in [0.1, 0.15) is 32.6 Å². The van der Waals surface area contributed by atoms with Crippen LogP contribution in [0.2, 0.25) is 5.02 Å². The number of pyridine rings is 1. The molecule has 12 heteroatoms. The van der Waals surface area contributed by atoms with Crippen molar-refractivity contribution < 1.29 is 26.3 Å². The van der Waals surface area contributed by atoms with Gasteiger partial charge in [0, 0.05) is 38.9 Å². The van der Waals surface area contributed by atoms with E-state index in [1.807, 2.05) is 4.72 Å². The van der Waals surface area contributed by atoms with Crippen molar-refractivity contribution in [2.45, 2.75) is 49.1 Å². The monoisotopic (exact) mass is 532 g/mol. The molecule has 0 amide bonds. The molecule has 1 N–H and O–H groups in total. The summed E-state index contributed by atoms with van der Waals surface area (Å²) < 4.78 is 76.7. The van der Waals surface area contributed by atoms with Crippen LogP contribution in [-0.4, -0.2) is 63.2 Å². The van der Waals surface area contributed by atoms with Gasteiger partial charge < -0.3 is 9.64 Å². The zero-order chi connectivity index (χ0) is 25.4. The number of nitrogens with one attached hydrogen (secondary N) is 1. The molecular formula is C23H28ClF3N4O3S. The summed E-state index contributed by atoms with van der Waals surface area (Å²) in [6.07, 6.45) is 4.04. The summed E-state index contributed by atoms with van der Waals surface area (Å²) in [5.74, 6) is -4.11. The topological polar surface area (TPSA) is 74.8 Å². The van der Waals surface area contributed by atoms with Gasteiger partial charge in [0.25, 0.3) is 10.0 Å². The summed E-state index contributed by atoms with van der Waals surface area (Å²) in [4.78, 5) is 6.20. The first-order valence-electron chi connectivity index (χ1n) is 11.4. The van der Waals surface area contributed by atoms with Crippen molar-refractivity contribution in [3.8, 4) is 0 Å². The van der Waals surface area contributed by atoms with E-state index < -0.39 is 48.9 Å². The third-order valence-electron chi connectivity index (χ3n) is 6.84. The van der Waals surface area contributed by atoms with Gasteiger partial charge in [-0.1, -0.05) is 24.1 Å². The molecule has 0 bridgehead atoms. The van der Waals surface area contributed by atoms with E-state index in [9.17, 15) is 12.8 Å². The standard InChI is InChI=1S/C23H28ClF3N4O3S/c1-15-6-3-4-10-30(15)13-23(34-2)9-11-31(14-23)17-12-16(25)22(21(27)20(17)24)35(32,33)29-19-8-5-7-18(26)28-19/h5,7-8,12,15H,3-4,6,9-11,13-14H2,1-2H3,(H,28,29)/t15-,23-/m1/s1. The first kappa shape index (κ1) is 26.0. The molecule has 2 atom stereocenters. The molecule has 2 aliphatic heterocycles. The Kier molecular flexibility index (Phi) is 7.51. The summed E-state index contributed by atoms with van der Waals surface area (Å²) in [6, 6.07) is 4.71. The lowest BCUT2D eigenvalue weighted by Gasteiger charge is -2.40. The normalized spacial score (nSPS) is 23.6. The number of hydrogen-bond acceptors (Lipinski definition) is 6. The number of nitrogens with zero attached hydrogens (tertiary/aromatic N) is 3. The summed E-state index contributed by atoms with van der Waals surface area (Å²) >= 11 is 6.23. The lowest BCUT2D eigenvalue weighted by Crippen LogP contribution is -2.50. The van der Waals surface area contributed by atoms with E-state index in [1.54, 1.807) is 12.0 Å². The number of aromatic nitrogens is 1. The highest BCUT2D eigenvalue weighted by molar-refractivity contribution is 7.92. The van der Waals surface area contributed by atoms with Gasteiger partial charge in [-0.3, -0.25) is 9.62 Å². The first-order chi connectivity index (χ1) is 16.5. The van der Waals surface area contributed by atoms with Crippen LogP contribution in [0.15, 0.2) is 29.2 Å². The summed E-state index contributed by atoms with van der Waals surface area (Å²) in [5, 5.41) is -0.516. The third-order valence-corrected chi connectivity index (χ3v) is 8.59. The van der Waals surface area contributed by atoms with Crippen molar-refractivity contribution in [3.05, 3.63) is 46.9 Å². The van der Waals surface area contributed by atoms with Gasteiger partial charge in [0.15, 0.2) is 10.7 Å². The Labute approximate surface area is 208 Å². The summed E-state index contributed by atoms with van der Waals surface area (Å²) in [5.41, 5.74) is -0.493. The second-order valence-corrected chi connectivity index (χ2v) is 11.2. The molecule has 35 heavy (non-hydrogen) atoms. The first-order valence-corrected chi connectivity index (χ1v) is 13.3. The molecule has 192 valence electrons. The maximum atomic E-state index is 15.2. The Morgan fingerprint density at radius 3 is 2.71 bits per heavy atom. The molecule has 2 saturated heterocycles. The molecule has 3 heterocycles. The van der Waals surface area contributed by atoms with Crippen LogP contribution in [0.5, 0.6) is 0 Å². The summed E-state index contributed by atoms with van der Waals surface area (Å²) in [6.45, 7) is 4.62. The second kappa shape index (κ2) is 10.1. The van der Waals surface area contributed by atoms with E-state index in [4.69, 9.17) is 16.3 Å². The molecular weight excluding hydrogens is 505 g/mol. The van der Waals surface area contributed by atoms with Crippen LogP contribution in [-0.2, 0) is 14.8 Å². The Morgan fingerprint density at radius 1 is 1.26 bits per heavy atom. The minimum absolute atomic E-state index is 0.0510. The molecule has 2 aliphatic rings. The van der Waals surface area contributed by atoms with E-state index in [-0.39, 0.29) is 5.69 Å². The number of likely N-dealkylation sites (tertiary alicyclic amines) is 1. The third kappa shape index (κ3) is 5.37. The minimum atomic E-state index is -4.77. The van der Waals surface area contributed by atoms with E-state index in [0.29, 0.717) is 32.1 Å². The quantitative estimate of drug-likeness (QED) is 0.420. The van der Waals surface area contributed by atoms with Gasteiger partial charge in [-0.05, 0) is 44.9 Å². The second-order valence-electron chi connectivity index (χ2n) is 9.16. The Morgan fingerprint density at radius 2 is 2.03 bits per heavy atom. The molecule has 0 aliphatic carbocycles. The van der Waals surface area contributed by atoms with E-state index >= 15 is 8.78 Å². The largest absolute Gasteiger partial charge is 0.375 e. The maximum Gasteiger partial charge on any atom is 0.268 e. The van der Waals surface area contributed by atoms with E-state index in [0.717, 1.165) is 37.6 Å². The zero-order valence-corrected chi connectivity index (χ0v) is 21.1. The van der Waals surface area contributed by atoms with Gasteiger partial charge in [-0.25, -0.2) is 22.2 Å². The van der Waals surface area contributed by atoms with Crippen LogP contribution < -0.4 is 9.62 Å². The highest BCUT2D eigenvalue weighted by Gasteiger charge is 2.42. The fourth-order valence-electron chi connectivity index (χ4n) is 4.87. The van der Waals surface area contributed by atoms with Crippen LogP contribution in [0.4, 0.5) is 24.7 Å². The van der Waals surface area contributed by atoms with Gasteiger partial charge in [-0.15, -0.1) is 0 Å². The molecule has 1 aromatic carbocycles. The lowest BCUT2D eigenvalue weighted by atomic mass is 9.97. The van der Waals surface area contributed by atoms with Crippen LogP contribution >= 0.6 is 11.6 Å². The van der Waals surface area contributed by atoms with E-state index in [2.05, 4.69) is 16.8 Å². The van der Waals surface area contributed by atoms with Crippen LogP contribution in [0.3, 0.4) is 0 Å². The molecule has 1 aromatic heterocycles. The fraction of sp³-hybridized carbons (Fsp3) is 0.522. The van der Waals surface area contributed by atoms with Crippen molar-refractivity contribution >= 4 is 33.1 Å². The SMILES string of the molecule is CO[C@@]1(CN2CCCC[C@H]2C)CCN(c2cc(F)c(S(=O)(=O)Nc3cccc(F)n3)c(F)c2Cl)C1. The van der Waals surface area contributed by atoms with Crippen molar-refractivity contribution in [2.24, 2.45) is 0 Å². The van der Waals surface area contributed by atoms with Crippen molar-refractivity contribution in [1.29, 1.82) is 0 Å². The number of piperidine rings is 1. The molecule has 0 saturated carbocycles. The molecule has 0 spiro atoms. The Hall–Kier alpha value is -2.08. The predicted octanol–water partition coefficient (Wildman–Crippen LogP) is 4.42. The van der Waals surface area contributed by atoms with E-state index in [1.165, 1.54) is 12.5 Å². The van der Waals surface area contributed by atoms with Gasteiger partial charge in [0.05, 0.1) is 11.3 Å². The fourth-order valence-corrected chi connectivity index (χ4v) is 6.34. The summed E-state index contributed by atoms with van der Waals surface area (Å²) in [7, 11) is -3.14. The van der Waals surface area contributed by atoms with Crippen LogP contribution in [0.25, 0.3) is 0 Å². The number of ether oxygens (including phenoxy) is 1. The van der Waals surface area contributed by atoms with Crippen molar-refractivity contribution in [3.63, 3.8) is 0 Å². The minimum Gasteiger partial charge on any atom is -0.375 e. The number of hydrogen-bond donors (Lipinski definition) is 1. The molecule has 2 fully saturated rings. The number of benzene rings is 1. The van der Waals surface area contributed by atoms with Gasteiger partial charge >= 0.3 is 0 Å². The van der Waals surface area contributed by atoms with Gasteiger partial charge in [0.1, 0.15) is 16.7 Å². The Balaban J connectivity index is 1.59. The molecule has 7 nitrogen and oxygen atoms in total. The molecule has 2 aromatic rings. The number of halogens is 4. The van der Waals surface area contributed by atoms with Gasteiger partial charge in [-0.2, -0.15) is 4.39 Å². The van der Waals surface area contributed by atoms with Gasteiger partial charge in [0.2, 0.25) is 5.95 Å². The average molecular weight is 533 g/mol. The predicted molar refractivity (Wildman–Crippen MR) is 128 cm³/mol.